The van der Waals surface area contributed by atoms with Crippen molar-refractivity contribution in [3.63, 3.8) is 0 Å². The Labute approximate surface area is 149 Å². The molecule has 1 atom stereocenters. The number of rotatable bonds is 5. The number of imidazole rings is 1. The van der Waals surface area contributed by atoms with Gasteiger partial charge in [-0.25, -0.2) is 4.98 Å². The second-order valence-corrected chi connectivity index (χ2v) is 7.67. The van der Waals surface area contributed by atoms with Crippen LogP contribution in [0.4, 0.5) is 0 Å². The first-order chi connectivity index (χ1) is 12.3. The van der Waals surface area contributed by atoms with Crippen LogP contribution < -0.4 is 5.32 Å². The standard InChI is InChI=1S/C20H28N4O/c25-20(16-6-2-1-3-7-16)21-12-15-10-11-24(13-15)14-19-22-17-8-4-5-9-18(17)23-19/h4-5,8-9,15-16H,1-3,6-7,10-14H2,(H,21,25)(H,22,23)/t15-/m0/s1. The number of nitrogens with one attached hydrogen (secondary N) is 2. The molecule has 1 saturated carbocycles. The monoisotopic (exact) mass is 340 g/mol. The molecule has 134 valence electrons. The van der Waals surface area contributed by atoms with Gasteiger partial charge in [0.2, 0.25) is 5.91 Å². The number of hydrogen-bond acceptors (Lipinski definition) is 3. The van der Waals surface area contributed by atoms with Crippen molar-refractivity contribution in [3.8, 4) is 0 Å². The van der Waals surface area contributed by atoms with E-state index in [-0.39, 0.29) is 11.8 Å². The first-order valence-corrected chi connectivity index (χ1v) is 9.71. The highest BCUT2D eigenvalue weighted by molar-refractivity contribution is 5.78. The number of nitrogens with zero attached hydrogens (tertiary/aromatic N) is 2. The molecule has 25 heavy (non-hydrogen) atoms. The van der Waals surface area contributed by atoms with Crippen molar-refractivity contribution < 1.29 is 4.79 Å². The SMILES string of the molecule is O=C(NC[C@@H]1CCN(Cc2nc3ccccc3[nH]2)C1)C1CCCCC1. The van der Waals surface area contributed by atoms with Gasteiger partial charge in [0.05, 0.1) is 17.6 Å². The van der Waals surface area contributed by atoms with E-state index in [9.17, 15) is 4.79 Å². The third kappa shape index (κ3) is 4.03. The fraction of sp³-hybridized carbons (Fsp3) is 0.600. The summed E-state index contributed by atoms with van der Waals surface area (Å²) >= 11 is 0. The van der Waals surface area contributed by atoms with Crippen LogP contribution in [-0.2, 0) is 11.3 Å². The van der Waals surface area contributed by atoms with Crippen LogP contribution in [0.3, 0.4) is 0 Å². The van der Waals surface area contributed by atoms with Crippen LogP contribution in [-0.4, -0.2) is 40.4 Å². The number of benzene rings is 1. The van der Waals surface area contributed by atoms with E-state index in [4.69, 9.17) is 0 Å². The van der Waals surface area contributed by atoms with Crippen LogP contribution in [0.5, 0.6) is 0 Å². The van der Waals surface area contributed by atoms with Crippen LogP contribution in [0.15, 0.2) is 24.3 Å². The molecule has 1 amide bonds. The lowest BCUT2D eigenvalue weighted by Crippen LogP contribution is -2.36. The topological polar surface area (TPSA) is 61.0 Å². The van der Waals surface area contributed by atoms with Crippen LogP contribution >= 0.6 is 0 Å². The van der Waals surface area contributed by atoms with Gasteiger partial charge in [-0.1, -0.05) is 31.4 Å². The summed E-state index contributed by atoms with van der Waals surface area (Å²) in [6, 6.07) is 8.17. The minimum atomic E-state index is 0.266. The number of fused-ring (bicyclic) bond motifs is 1. The average molecular weight is 340 g/mol. The van der Waals surface area contributed by atoms with E-state index in [1.807, 2.05) is 18.2 Å². The highest BCUT2D eigenvalue weighted by atomic mass is 16.1. The molecule has 2 aliphatic rings. The molecule has 2 heterocycles. The van der Waals surface area contributed by atoms with Gasteiger partial charge >= 0.3 is 0 Å². The van der Waals surface area contributed by atoms with E-state index < -0.39 is 0 Å². The number of aromatic amines is 1. The lowest BCUT2D eigenvalue weighted by atomic mass is 9.88. The summed E-state index contributed by atoms with van der Waals surface area (Å²) in [4.78, 5) is 22.8. The van der Waals surface area contributed by atoms with Gasteiger partial charge in [-0.05, 0) is 43.9 Å². The molecule has 0 unspecified atom stereocenters. The maximum Gasteiger partial charge on any atom is 0.223 e. The zero-order valence-electron chi connectivity index (χ0n) is 14.8. The number of aromatic nitrogens is 2. The van der Waals surface area contributed by atoms with Crippen molar-refractivity contribution >= 4 is 16.9 Å². The van der Waals surface area contributed by atoms with Crippen LogP contribution in [0.2, 0.25) is 0 Å². The van der Waals surface area contributed by atoms with Crippen molar-refractivity contribution in [2.45, 2.75) is 45.1 Å². The van der Waals surface area contributed by atoms with E-state index in [2.05, 4.69) is 26.3 Å². The largest absolute Gasteiger partial charge is 0.356 e. The van der Waals surface area contributed by atoms with Gasteiger partial charge in [0.25, 0.3) is 0 Å². The summed E-state index contributed by atoms with van der Waals surface area (Å²) in [7, 11) is 0. The van der Waals surface area contributed by atoms with Gasteiger partial charge in [-0.15, -0.1) is 0 Å². The smallest absolute Gasteiger partial charge is 0.223 e. The molecular weight excluding hydrogens is 312 g/mol. The van der Waals surface area contributed by atoms with Crippen LogP contribution in [0, 0.1) is 11.8 Å². The zero-order valence-corrected chi connectivity index (χ0v) is 14.8. The number of likely N-dealkylation sites (tertiary alicyclic amines) is 1. The van der Waals surface area contributed by atoms with E-state index in [0.717, 1.165) is 62.3 Å². The minimum absolute atomic E-state index is 0.266. The van der Waals surface area contributed by atoms with Gasteiger partial charge in [-0.3, -0.25) is 9.69 Å². The molecule has 2 N–H and O–H groups in total. The number of carbonyl (C=O) groups is 1. The average Bonchev–Trinajstić information content (AvgIpc) is 3.26. The van der Waals surface area contributed by atoms with E-state index in [1.54, 1.807) is 0 Å². The third-order valence-electron chi connectivity index (χ3n) is 5.72. The highest BCUT2D eigenvalue weighted by Crippen LogP contribution is 2.24. The summed E-state index contributed by atoms with van der Waals surface area (Å²) < 4.78 is 0. The Hall–Kier alpha value is -1.88. The van der Waals surface area contributed by atoms with E-state index in [1.165, 1.54) is 19.3 Å². The maximum absolute atomic E-state index is 12.3. The summed E-state index contributed by atoms with van der Waals surface area (Å²) in [6.07, 6.45) is 7.04. The Bertz CT molecular complexity index is 686. The van der Waals surface area contributed by atoms with Crippen molar-refractivity contribution in [2.24, 2.45) is 11.8 Å². The summed E-state index contributed by atoms with van der Waals surface area (Å²) in [5.74, 6) is 2.15. The zero-order chi connectivity index (χ0) is 17.1. The number of para-hydroxylation sites is 2. The molecule has 5 nitrogen and oxygen atoms in total. The first kappa shape index (κ1) is 16.6. The third-order valence-corrected chi connectivity index (χ3v) is 5.72. The maximum atomic E-state index is 12.3. The number of hydrogen-bond donors (Lipinski definition) is 2. The normalized spacial score (nSPS) is 22.5. The number of H-pyrrole nitrogens is 1. The molecule has 1 aliphatic heterocycles. The second kappa shape index (κ2) is 7.56. The Kier molecular flexibility index (Phi) is 5.02. The predicted octanol–water partition coefficient (Wildman–Crippen LogP) is 3.08. The van der Waals surface area contributed by atoms with Crippen molar-refractivity contribution in [1.82, 2.24) is 20.2 Å². The highest BCUT2D eigenvalue weighted by Gasteiger charge is 2.26. The van der Waals surface area contributed by atoms with E-state index in [0.29, 0.717) is 5.92 Å². The molecule has 1 aliphatic carbocycles. The van der Waals surface area contributed by atoms with Crippen molar-refractivity contribution in [2.75, 3.05) is 19.6 Å². The minimum Gasteiger partial charge on any atom is -0.356 e. The molecule has 5 heteroatoms. The Morgan fingerprint density at radius 2 is 2.04 bits per heavy atom. The number of amides is 1. The Morgan fingerprint density at radius 1 is 1.20 bits per heavy atom. The van der Waals surface area contributed by atoms with Crippen LogP contribution in [0.25, 0.3) is 11.0 Å². The van der Waals surface area contributed by atoms with Gasteiger partial charge in [-0.2, -0.15) is 0 Å². The van der Waals surface area contributed by atoms with Crippen molar-refractivity contribution in [1.29, 1.82) is 0 Å². The van der Waals surface area contributed by atoms with Crippen molar-refractivity contribution in [3.05, 3.63) is 30.1 Å². The van der Waals surface area contributed by atoms with E-state index >= 15 is 0 Å². The molecule has 1 aromatic carbocycles. The lowest BCUT2D eigenvalue weighted by Gasteiger charge is -2.22. The first-order valence-electron chi connectivity index (χ1n) is 9.71. The second-order valence-electron chi connectivity index (χ2n) is 7.67. The summed E-state index contributed by atoms with van der Waals surface area (Å²) in [6.45, 7) is 3.82. The molecule has 2 fully saturated rings. The van der Waals surface area contributed by atoms with Gasteiger partial charge in [0.1, 0.15) is 5.82 Å². The molecule has 2 aromatic rings. The molecule has 0 spiro atoms. The quantitative estimate of drug-likeness (QED) is 0.879. The molecule has 0 radical (unpaired) electrons. The molecule has 0 bridgehead atoms. The molecule has 4 rings (SSSR count). The molecule has 1 saturated heterocycles. The van der Waals surface area contributed by atoms with Crippen LogP contribution in [0.1, 0.15) is 44.3 Å². The van der Waals surface area contributed by atoms with Gasteiger partial charge < -0.3 is 10.3 Å². The van der Waals surface area contributed by atoms with Gasteiger partial charge in [0.15, 0.2) is 0 Å². The molecular formula is C20H28N4O. The number of carbonyl (C=O) groups excluding carboxylic acids is 1. The molecule has 1 aromatic heterocycles. The Balaban J connectivity index is 1.24. The van der Waals surface area contributed by atoms with Gasteiger partial charge in [0, 0.05) is 19.0 Å². The fourth-order valence-corrected chi connectivity index (χ4v) is 4.27. The lowest BCUT2D eigenvalue weighted by molar-refractivity contribution is -0.126. The summed E-state index contributed by atoms with van der Waals surface area (Å²) in [5.41, 5.74) is 2.14. The summed E-state index contributed by atoms with van der Waals surface area (Å²) in [5, 5.41) is 3.21. The Morgan fingerprint density at radius 3 is 2.88 bits per heavy atom. The fourth-order valence-electron chi connectivity index (χ4n) is 4.27. The predicted molar refractivity (Wildman–Crippen MR) is 99.1 cm³/mol.